The van der Waals surface area contributed by atoms with Gasteiger partial charge in [0, 0.05) is 18.3 Å². The summed E-state index contributed by atoms with van der Waals surface area (Å²) >= 11 is 0. The molecule has 4 nitrogen and oxygen atoms in total. The van der Waals surface area contributed by atoms with E-state index in [0.717, 1.165) is 12.1 Å². The summed E-state index contributed by atoms with van der Waals surface area (Å²) in [6, 6.07) is 4.68. The van der Waals surface area contributed by atoms with Crippen LogP contribution in [0.5, 0.6) is 0 Å². The van der Waals surface area contributed by atoms with Crippen LogP contribution < -0.4 is 4.90 Å². The third-order valence-corrected chi connectivity index (χ3v) is 2.95. The van der Waals surface area contributed by atoms with Crippen LogP contribution in [0, 0.1) is 11.3 Å². The van der Waals surface area contributed by atoms with E-state index in [1.807, 2.05) is 0 Å². The van der Waals surface area contributed by atoms with Crippen LogP contribution in [0.1, 0.15) is 31.4 Å². The van der Waals surface area contributed by atoms with Gasteiger partial charge < -0.3 is 10.0 Å². The maximum Gasteiger partial charge on any atom is 0.417 e. The number of benzene rings is 1. The van der Waals surface area contributed by atoms with Gasteiger partial charge in [0.2, 0.25) is 0 Å². The van der Waals surface area contributed by atoms with Gasteiger partial charge in [-0.2, -0.15) is 18.4 Å². The number of hydrogen-bond acceptors (Lipinski definition) is 3. The lowest BCUT2D eigenvalue weighted by molar-refractivity contribution is -0.138. The zero-order chi connectivity index (χ0) is 16.2. The van der Waals surface area contributed by atoms with Gasteiger partial charge in [0.25, 0.3) is 0 Å². The minimum Gasteiger partial charge on any atom is -0.481 e. The van der Waals surface area contributed by atoms with Crippen LogP contribution in [-0.4, -0.2) is 23.7 Å². The lowest BCUT2D eigenvalue weighted by Gasteiger charge is -2.29. The Balaban J connectivity index is 3.17. The molecule has 0 heterocycles. The van der Waals surface area contributed by atoms with Gasteiger partial charge >= 0.3 is 12.1 Å². The molecule has 0 saturated carbocycles. The monoisotopic (exact) mass is 300 g/mol. The molecule has 0 aliphatic rings. The predicted molar refractivity (Wildman–Crippen MR) is 70.9 cm³/mol. The van der Waals surface area contributed by atoms with Crippen LogP contribution in [0.25, 0.3) is 0 Å². The van der Waals surface area contributed by atoms with Gasteiger partial charge in [0.05, 0.1) is 23.6 Å². The quantitative estimate of drug-likeness (QED) is 0.906. The van der Waals surface area contributed by atoms with Gasteiger partial charge in [-0.25, -0.2) is 0 Å². The standard InChI is InChI=1S/C14H15F3N2O2/c1-9(2)19(6-5-13(20)21)11-3-4-12(14(15,16)17)10(7-11)8-18/h3-4,7,9H,5-6H2,1-2H3,(H,20,21). The van der Waals surface area contributed by atoms with Crippen molar-refractivity contribution in [1.29, 1.82) is 5.26 Å². The van der Waals surface area contributed by atoms with Crippen molar-refractivity contribution in [1.82, 2.24) is 0 Å². The van der Waals surface area contributed by atoms with Crippen molar-refractivity contribution in [2.75, 3.05) is 11.4 Å². The van der Waals surface area contributed by atoms with E-state index in [-0.39, 0.29) is 19.0 Å². The van der Waals surface area contributed by atoms with E-state index in [4.69, 9.17) is 10.4 Å². The number of alkyl halides is 3. The van der Waals surface area contributed by atoms with Crippen LogP contribution in [0.4, 0.5) is 18.9 Å². The zero-order valence-electron chi connectivity index (χ0n) is 11.6. The van der Waals surface area contributed by atoms with Gasteiger partial charge in [-0.3, -0.25) is 4.79 Å². The summed E-state index contributed by atoms with van der Waals surface area (Å²) in [7, 11) is 0. The van der Waals surface area contributed by atoms with Crippen LogP contribution >= 0.6 is 0 Å². The third kappa shape index (κ3) is 4.38. The topological polar surface area (TPSA) is 64.3 Å². The van der Waals surface area contributed by atoms with Crippen molar-refractivity contribution < 1.29 is 23.1 Å². The highest BCUT2D eigenvalue weighted by atomic mass is 19.4. The summed E-state index contributed by atoms with van der Waals surface area (Å²) < 4.78 is 38.2. The molecule has 114 valence electrons. The fourth-order valence-corrected chi connectivity index (χ4v) is 1.95. The highest BCUT2D eigenvalue weighted by Gasteiger charge is 2.33. The SMILES string of the molecule is CC(C)N(CCC(=O)O)c1ccc(C(F)(F)F)c(C#N)c1. The van der Waals surface area contributed by atoms with E-state index in [2.05, 4.69) is 0 Å². The van der Waals surface area contributed by atoms with E-state index < -0.39 is 23.3 Å². The molecule has 0 spiro atoms. The number of rotatable bonds is 5. The first-order chi connectivity index (χ1) is 9.66. The number of hydrogen-bond donors (Lipinski definition) is 1. The molecule has 7 heteroatoms. The van der Waals surface area contributed by atoms with Crippen molar-refractivity contribution in [3.63, 3.8) is 0 Å². The molecule has 0 amide bonds. The van der Waals surface area contributed by atoms with Crippen LogP contribution in [0.15, 0.2) is 18.2 Å². The van der Waals surface area contributed by atoms with Crippen molar-refractivity contribution in [3.8, 4) is 6.07 Å². The Hall–Kier alpha value is -2.23. The third-order valence-electron chi connectivity index (χ3n) is 2.95. The molecular weight excluding hydrogens is 285 g/mol. The van der Waals surface area contributed by atoms with E-state index >= 15 is 0 Å². The first-order valence-electron chi connectivity index (χ1n) is 6.26. The number of halogens is 3. The van der Waals surface area contributed by atoms with Gasteiger partial charge in [0.1, 0.15) is 0 Å². The number of anilines is 1. The molecule has 0 aromatic heterocycles. The Morgan fingerprint density at radius 1 is 1.43 bits per heavy atom. The second kappa shape index (κ2) is 6.48. The summed E-state index contributed by atoms with van der Waals surface area (Å²) in [5.74, 6) is -0.993. The molecule has 1 aromatic carbocycles. The number of nitrogens with zero attached hydrogens (tertiary/aromatic N) is 2. The molecule has 1 aromatic rings. The largest absolute Gasteiger partial charge is 0.481 e. The number of carboxylic acid groups (broad SMARTS) is 1. The van der Waals surface area contributed by atoms with Crippen molar-refractivity contribution in [2.24, 2.45) is 0 Å². The maximum absolute atomic E-state index is 12.7. The van der Waals surface area contributed by atoms with Crippen molar-refractivity contribution in [2.45, 2.75) is 32.5 Å². The molecular formula is C14H15F3N2O2. The smallest absolute Gasteiger partial charge is 0.417 e. The highest BCUT2D eigenvalue weighted by molar-refractivity contribution is 5.68. The van der Waals surface area contributed by atoms with Crippen LogP contribution in [-0.2, 0) is 11.0 Å². The Kier molecular flexibility index (Phi) is 5.19. The molecule has 0 atom stereocenters. The van der Waals surface area contributed by atoms with Gasteiger partial charge in [-0.05, 0) is 32.0 Å². The molecule has 0 aliphatic carbocycles. The summed E-state index contributed by atoms with van der Waals surface area (Å²) in [5, 5.41) is 17.6. The first-order valence-corrected chi connectivity index (χ1v) is 6.26. The number of aliphatic carboxylic acids is 1. The molecule has 1 N–H and O–H groups in total. The minimum absolute atomic E-state index is 0.104. The average Bonchev–Trinajstić information content (AvgIpc) is 2.36. The lowest BCUT2D eigenvalue weighted by atomic mass is 10.1. The minimum atomic E-state index is -4.59. The second-order valence-electron chi connectivity index (χ2n) is 4.77. The summed E-state index contributed by atoms with van der Waals surface area (Å²) in [6.45, 7) is 3.75. The fraction of sp³-hybridized carbons (Fsp3) is 0.429. The van der Waals surface area contributed by atoms with E-state index in [1.54, 1.807) is 18.7 Å². The lowest BCUT2D eigenvalue weighted by Crippen LogP contribution is -2.33. The Morgan fingerprint density at radius 2 is 2.05 bits per heavy atom. The first kappa shape index (κ1) is 16.8. The van der Waals surface area contributed by atoms with Gasteiger partial charge in [0.15, 0.2) is 0 Å². The maximum atomic E-state index is 12.7. The molecule has 0 unspecified atom stereocenters. The highest BCUT2D eigenvalue weighted by Crippen LogP contribution is 2.34. The Labute approximate surface area is 120 Å². The molecule has 0 aliphatic heterocycles. The Morgan fingerprint density at radius 3 is 2.48 bits per heavy atom. The molecule has 0 radical (unpaired) electrons. The normalized spacial score (nSPS) is 11.3. The van der Waals surface area contributed by atoms with Gasteiger partial charge in [-0.15, -0.1) is 0 Å². The zero-order valence-corrected chi connectivity index (χ0v) is 11.6. The predicted octanol–water partition coefficient (Wildman–Crippen LogP) is 3.27. The fourth-order valence-electron chi connectivity index (χ4n) is 1.95. The molecule has 0 bridgehead atoms. The van der Waals surface area contributed by atoms with Crippen LogP contribution in [0.2, 0.25) is 0 Å². The average molecular weight is 300 g/mol. The number of nitriles is 1. The summed E-state index contributed by atoms with van der Waals surface area (Å²) in [5.41, 5.74) is -1.06. The summed E-state index contributed by atoms with van der Waals surface area (Å²) in [6.07, 6.45) is -4.73. The molecule has 21 heavy (non-hydrogen) atoms. The van der Waals surface area contributed by atoms with E-state index in [0.29, 0.717) is 5.69 Å². The van der Waals surface area contributed by atoms with Crippen molar-refractivity contribution >= 4 is 11.7 Å². The van der Waals surface area contributed by atoms with E-state index in [9.17, 15) is 18.0 Å². The van der Waals surface area contributed by atoms with Crippen LogP contribution in [0.3, 0.4) is 0 Å². The second-order valence-corrected chi connectivity index (χ2v) is 4.77. The number of carboxylic acids is 1. The summed E-state index contributed by atoms with van der Waals surface area (Å²) in [4.78, 5) is 12.3. The van der Waals surface area contributed by atoms with E-state index in [1.165, 1.54) is 12.1 Å². The molecule has 0 fully saturated rings. The van der Waals surface area contributed by atoms with Crippen molar-refractivity contribution in [3.05, 3.63) is 29.3 Å². The Bertz CT molecular complexity index is 562. The molecule has 1 rings (SSSR count). The van der Waals surface area contributed by atoms with Gasteiger partial charge in [-0.1, -0.05) is 0 Å². The molecule has 0 saturated heterocycles. The number of carbonyl (C=O) groups is 1.